The van der Waals surface area contributed by atoms with E-state index in [9.17, 15) is 9.59 Å². The number of benzene rings is 1. The molecule has 0 saturated carbocycles. The predicted molar refractivity (Wildman–Crippen MR) is 105 cm³/mol. The Hall–Kier alpha value is -2.76. The summed E-state index contributed by atoms with van der Waals surface area (Å²) in [7, 11) is 0. The first kappa shape index (κ1) is 20.6. The van der Waals surface area contributed by atoms with Gasteiger partial charge in [0.1, 0.15) is 5.69 Å². The van der Waals surface area contributed by atoms with Crippen LogP contribution in [0.1, 0.15) is 54.4 Å². The SMILES string of the molecule is CCCCCNC(=O)CCN(Cc1ccccc1)C(=O)c1cnc(C)cn1. The molecule has 0 radical (unpaired) electrons. The fourth-order valence-electron chi connectivity index (χ4n) is 2.65. The van der Waals surface area contributed by atoms with Crippen LogP contribution in [0.25, 0.3) is 0 Å². The van der Waals surface area contributed by atoms with Crippen LogP contribution in [0.3, 0.4) is 0 Å². The summed E-state index contributed by atoms with van der Waals surface area (Å²) in [6, 6.07) is 9.73. The Morgan fingerprint density at radius 2 is 1.85 bits per heavy atom. The van der Waals surface area contributed by atoms with Gasteiger partial charge in [-0.3, -0.25) is 14.6 Å². The molecule has 2 amide bonds. The lowest BCUT2D eigenvalue weighted by atomic mass is 10.2. The number of unbranched alkanes of at least 4 members (excludes halogenated alkanes) is 2. The molecule has 1 heterocycles. The molecule has 2 aromatic rings. The largest absolute Gasteiger partial charge is 0.356 e. The van der Waals surface area contributed by atoms with Gasteiger partial charge in [0.2, 0.25) is 5.91 Å². The standard InChI is InChI=1S/C21H28N4O2/c1-3-4-8-12-22-20(26)11-13-25(16-18-9-6-5-7-10-18)21(27)19-15-23-17(2)14-24-19/h5-7,9-10,14-15H,3-4,8,11-13,16H2,1-2H3,(H,22,26). The Labute approximate surface area is 161 Å². The molecule has 0 atom stereocenters. The van der Waals surface area contributed by atoms with Crippen LogP contribution in [-0.4, -0.2) is 39.8 Å². The summed E-state index contributed by atoms with van der Waals surface area (Å²) in [5, 5.41) is 2.92. The number of carbonyl (C=O) groups excluding carboxylic acids is 2. The second-order valence-electron chi connectivity index (χ2n) is 6.56. The van der Waals surface area contributed by atoms with E-state index in [1.807, 2.05) is 37.3 Å². The van der Waals surface area contributed by atoms with Crippen molar-refractivity contribution >= 4 is 11.8 Å². The summed E-state index contributed by atoms with van der Waals surface area (Å²) in [6.07, 6.45) is 6.53. The van der Waals surface area contributed by atoms with Crippen LogP contribution in [0.2, 0.25) is 0 Å². The summed E-state index contributed by atoms with van der Waals surface area (Å²) in [4.78, 5) is 34.9. The number of nitrogens with one attached hydrogen (secondary N) is 1. The average molecular weight is 368 g/mol. The third-order valence-corrected chi connectivity index (χ3v) is 4.21. The van der Waals surface area contributed by atoms with Gasteiger partial charge in [0.15, 0.2) is 0 Å². The van der Waals surface area contributed by atoms with Gasteiger partial charge < -0.3 is 10.2 Å². The molecular weight excluding hydrogens is 340 g/mol. The fraction of sp³-hybridized carbons (Fsp3) is 0.429. The molecule has 6 nitrogen and oxygen atoms in total. The second-order valence-corrected chi connectivity index (χ2v) is 6.56. The number of rotatable bonds is 10. The third kappa shape index (κ3) is 7.17. The van der Waals surface area contributed by atoms with Crippen molar-refractivity contribution in [2.24, 2.45) is 0 Å². The molecule has 1 N–H and O–H groups in total. The van der Waals surface area contributed by atoms with E-state index in [2.05, 4.69) is 22.2 Å². The number of aryl methyl sites for hydroxylation is 1. The van der Waals surface area contributed by atoms with Gasteiger partial charge in [-0.25, -0.2) is 4.98 Å². The molecule has 0 spiro atoms. The smallest absolute Gasteiger partial charge is 0.274 e. The van der Waals surface area contributed by atoms with Crippen molar-refractivity contribution in [1.29, 1.82) is 0 Å². The summed E-state index contributed by atoms with van der Waals surface area (Å²) in [5.41, 5.74) is 2.06. The number of nitrogens with zero attached hydrogens (tertiary/aromatic N) is 3. The Kier molecular flexibility index (Phi) is 8.42. The Morgan fingerprint density at radius 3 is 2.52 bits per heavy atom. The molecule has 144 valence electrons. The molecule has 0 unspecified atom stereocenters. The van der Waals surface area contributed by atoms with Crippen LogP contribution in [-0.2, 0) is 11.3 Å². The van der Waals surface area contributed by atoms with Gasteiger partial charge in [0.25, 0.3) is 5.91 Å². The van der Waals surface area contributed by atoms with Crippen molar-refractivity contribution < 1.29 is 9.59 Å². The van der Waals surface area contributed by atoms with Gasteiger partial charge in [-0.05, 0) is 18.9 Å². The molecule has 0 fully saturated rings. The van der Waals surface area contributed by atoms with E-state index in [0.29, 0.717) is 25.3 Å². The molecule has 0 aliphatic heterocycles. The Morgan fingerprint density at radius 1 is 1.07 bits per heavy atom. The van der Waals surface area contributed by atoms with E-state index < -0.39 is 0 Å². The zero-order valence-corrected chi connectivity index (χ0v) is 16.1. The zero-order chi connectivity index (χ0) is 19.5. The van der Waals surface area contributed by atoms with E-state index in [1.54, 1.807) is 11.1 Å². The quantitative estimate of drug-likeness (QED) is 0.654. The van der Waals surface area contributed by atoms with Crippen LogP contribution >= 0.6 is 0 Å². The first-order chi connectivity index (χ1) is 13.1. The van der Waals surface area contributed by atoms with E-state index in [-0.39, 0.29) is 18.2 Å². The van der Waals surface area contributed by atoms with E-state index in [4.69, 9.17) is 0 Å². The summed E-state index contributed by atoms with van der Waals surface area (Å²) in [6.45, 7) is 5.40. The number of aromatic nitrogens is 2. The zero-order valence-electron chi connectivity index (χ0n) is 16.1. The summed E-state index contributed by atoms with van der Waals surface area (Å²) in [5.74, 6) is -0.253. The minimum Gasteiger partial charge on any atom is -0.356 e. The molecule has 0 aliphatic carbocycles. The first-order valence-electron chi connectivity index (χ1n) is 9.48. The fourth-order valence-corrected chi connectivity index (χ4v) is 2.65. The molecule has 0 bridgehead atoms. The average Bonchev–Trinajstić information content (AvgIpc) is 2.69. The van der Waals surface area contributed by atoms with Gasteiger partial charge >= 0.3 is 0 Å². The highest BCUT2D eigenvalue weighted by molar-refractivity contribution is 5.92. The van der Waals surface area contributed by atoms with Crippen LogP contribution in [0.4, 0.5) is 0 Å². The highest BCUT2D eigenvalue weighted by Crippen LogP contribution is 2.09. The topological polar surface area (TPSA) is 75.2 Å². The second kappa shape index (κ2) is 11.1. The summed E-state index contributed by atoms with van der Waals surface area (Å²) >= 11 is 0. The molecule has 2 rings (SSSR count). The maximum atomic E-state index is 12.9. The van der Waals surface area contributed by atoms with Gasteiger partial charge in [0, 0.05) is 32.3 Å². The molecule has 6 heteroatoms. The van der Waals surface area contributed by atoms with Crippen LogP contribution < -0.4 is 5.32 Å². The Bertz CT molecular complexity index is 717. The number of amides is 2. The van der Waals surface area contributed by atoms with Gasteiger partial charge in [-0.2, -0.15) is 0 Å². The number of hydrogen-bond donors (Lipinski definition) is 1. The first-order valence-corrected chi connectivity index (χ1v) is 9.48. The normalized spacial score (nSPS) is 10.4. The lowest BCUT2D eigenvalue weighted by Crippen LogP contribution is -2.35. The van der Waals surface area contributed by atoms with E-state index >= 15 is 0 Å². The number of carbonyl (C=O) groups is 2. The molecular formula is C21H28N4O2. The monoisotopic (exact) mass is 368 g/mol. The summed E-state index contributed by atoms with van der Waals surface area (Å²) < 4.78 is 0. The maximum absolute atomic E-state index is 12.9. The molecule has 0 saturated heterocycles. The maximum Gasteiger partial charge on any atom is 0.274 e. The van der Waals surface area contributed by atoms with Crippen molar-refractivity contribution in [2.75, 3.05) is 13.1 Å². The van der Waals surface area contributed by atoms with Crippen LogP contribution in [0.5, 0.6) is 0 Å². The minimum absolute atomic E-state index is 0.0352. The van der Waals surface area contributed by atoms with Gasteiger partial charge in [-0.15, -0.1) is 0 Å². The molecule has 1 aromatic heterocycles. The minimum atomic E-state index is -0.217. The number of hydrogen-bond acceptors (Lipinski definition) is 4. The van der Waals surface area contributed by atoms with Crippen molar-refractivity contribution in [3.05, 3.63) is 59.7 Å². The van der Waals surface area contributed by atoms with Crippen molar-refractivity contribution in [3.63, 3.8) is 0 Å². The highest BCUT2D eigenvalue weighted by Gasteiger charge is 2.19. The lowest BCUT2D eigenvalue weighted by Gasteiger charge is -2.22. The van der Waals surface area contributed by atoms with Crippen LogP contribution in [0.15, 0.2) is 42.7 Å². The van der Waals surface area contributed by atoms with E-state index in [0.717, 1.165) is 30.5 Å². The molecule has 27 heavy (non-hydrogen) atoms. The predicted octanol–water partition coefficient (Wildman–Crippen LogP) is 3.12. The van der Waals surface area contributed by atoms with Crippen LogP contribution in [0, 0.1) is 6.92 Å². The van der Waals surface area contributed by atoms with Gasteiger partial charge in [-0.1, -0.05) is 50.1 Å². The highest BCUT2D eigenvalue weighted by atomic mass is 16.2. The van der Waals surface area contributed by atoms with Crippen molar-refractivity contribution in [1.82, 2.24) is 20.2 Å². The van der Waals surface area contributed by atoms with Crippen molar-refractivity contribution in [2.45, 2.75) is 46.1 Å². The Balaban J connectivity index is 2.00. The van der Waals surface area contributed by atoms with Gasteiger partial charge in [0.05, 0.1) is 11.9 Å². The molecule has 1 aromatic carbocycles. The van der Waals surface area contributed by atoms with Crippen molar-refractivity contribution in [3.8, 4) is 0 Å². The third-order valence-electron chi connectivity index (χ3n) is 4.21. The van der Waals surface area contributed by atoms with E-state index in [1.165, 1.54) is 6.20 Å². The molecule has 0 aliphatic rings. The lowest BCUT2D eigenvalue weighted by molar-refractivity contribution is -0.121.